The third-order valence-electron chi connectivity index (χ3n) is 6.21. The third-order valence-corrected chi connectivity index (χ3v) is 7.89. The van der Waals surface area contributed by atoms with Gasteiger partial charge in [-0.25, -0.2) is 0 Å². The molecule has 2 aromatic rings. The third kappa shape index (κ3) is 7.86. The topological polar surface area (TPSA) is 114 Å². The summed E-state index contributed by atoms with van der Waals surface area (Å²) in [6, 6.07) is 9.31. The number of benzene rings is 2. The maximum atomic E-state index is 10.7. The van der Waals surface area contributed by atoms with Gasteiger partial charge in [0, 0.05) is 24.7 Å². The number of nitrogens with one attached hydrogen (secondary N) is 1. The van der Waals surface area contributed by atoms with E-state index in [0.29, 0.717) is 37.8 Å². The molecular formula is C27H38NO9P. The van der Waals surface area contributed by atoms with E-state index in [1.165, 1.54) is 25.3 Å². The van der Waals surface area contributed by atoms with Crippen molar-refractivity contribution in [2.24, 2.45) is 5.92 Å². The van der Waals surface area contributed by atoms with Crippen molar-refractivity contribution in [2.45, 2.75) is 32.7 Å². The van der Waals surface area contributed by atoms with E-state index < -0.39 is 8.38 Å². The van der Waals surface area contributed by atoms with Gasteiger partial charge in [0.25, 0.3) is 6.47 Å². The normalized spacial score (nSPS) is 17.3. The maximum Gasteiger partial charge on any atom is 0.293 e. The number of para-hydroxylation sites is 1. The number of rotatable bonds is 13. The van der Waals surface area contributed by atoms with Crippen LogP contribution in [0, 0.1) is 5.92 Å². The zero-order valence-corrected chi connectivity index (χ0v) is 23.3. The van der Waals surface area contributed by atoms with Crippen molar-refractivity contribution < 1.29 is 42.6 Å². The first kappa shape index (κ1) is 29.8. The molecule has 0 fully saturated rings. The molecule has 1 aliphatic heterocycles. The maximum absolute atomic E-state index is 10.7. The number of fused-ring (bicyclic) bond motifs is 2. The molecule has 11 heteroatoms. The Labute approximate surface area is 225 Å². The lowest BCUT2D eigenvalue weighted by Gasteiger charge is -2.34. The summed E-state index contributed by atoms with van der Waals surface area (Å²) >= 11 is 0. The van der Waals surface area contributed by atoms with Gasteiger partial charge in [0.1, 0.15) is 0 Å². The molecule has 4 rings (SSSR count). The summed E-state index contributed by atoms with van der Waals surface area (Å²) in [6.45, 7) is 7.22. The average molecular weight is 552 g/mol. The van der Waals surface area contributed by atoms with Gasteiger partial charge in [-0.05, 0) is 62.1 Å². The van der Waals surface area contributed by atoms with E-state index >= 15 is 0 Å². The van der Waals surface area contributed by atoms with E-state index in [2.05, 4.69) is 17.4 Å². The van der Waals surface area contributed by atoms with Gasteiger partial charge in [0.15, 0.2) is 31.4 Å². The van der Waals surface area contributed by atoms with Crippen LogP contribution in [0.1, 0.15) is 37.4 Å². The Hall–Kier alpha value is -2.78. The van der Waals surface area contributed by atoms with Crippen LogP contribution in [-0.2, 0) is 25.0 Å². The predicted molar refractivity (Wildman–Crippen MR) is 143 cm³/mol. The second-order valence-corrected chi connectivity index (χ2v) is 10.1. The van der Waals surface area contributed by atoms with Crippen LogP contribution >= 0.6 is 8.38 Å². The molecule has 0 saturated carbocycles. The molecule has 210 valence electrons. The summed E-state index contributed by atoms with van der Waals surface area (Å²) in [5, 5.41) is 13.0. The summed E-state index contributed by atoms with van der Waals surface area (Å²) in [5.41, 5.74) is 2.46. The van der Waals surface area contributed by atoms with Crippen LogP contribution in [0.15, 0.2) is 30.3 Å². The Morgan fingerprint density at radius 3 is 2.34 bits per heavy atom. The molecule has 10 nitrogen and oxygen atoms in total. The molecule has 0 saturated heterocycles. The Morgan fingerprint density at radius 1 is 1.08 bits per heavy atom. The fourth-order valence-corrected chi connectivity index (χ4v) is 5.70. The number of hydrogen-bond donors (Lipinski definition) is 2. The van der Waals surface area contributed by atoms with Crippen LogP contribution in [0.2, 0.25) is 0 Å². The van der Waals surface area contributed by atoms with Gasteiger partial charge >= 0.3 is 0 Å². The minimum atomic E-state index is -0.879. The van der Waals surface area contributed by atoms with E-state index in [9.17, 15) is 9.90 Å². The standard InChI is InChI=1S/C19H28NO6P.C8H10O3/c1-3-25-27(26-4-2)8-7-20-19-15(11-22-12-21)6-5-14-9-17-18(10-16(14)19)24-13-23-17;1-10-6-4-3-5-7(11-2)8(6)9/h9-10,12,15,19-20H,3-8,11,13H2,1-2H3;3-5,9H,1-2H3. The molecule has 2 N–H and O–H groups in total. The van der Waals surface area contributed by atoms with Gasteiger partial charge in [-0.3, -0.25) is 4.79 Å². The van der Waals surface area contributed by atoms with Crippen LogP contribution in [0.4, 0.5) is 0 Å². The highest BCUT2D eigenvalue weighted by atomic mass is 31.2. The number of aromatic hydroxyl groups is 1. The molecule has 1 aliphatic carbocycles. The van der Waals surface area contributed by atoms with E-state index in [0.717, 1.165) is 37.0 Å². The monoisotopic (exact) mass is 551 g/mol. The predicted octanol–water partition coefficient (Wildman–Crippen LogP) is 4.58. The Bertz CT molecular complexity index is 994. The van der Waals surface area contributed by atoms with Crippen molar-refractivity contribution in [2.75, 3.05) is 53.5 Å². The fraction of sp³-hybridized carbons (Fsp3) is 0.519. The van der Waals surface area contributed by atoms with Crippen LogP contribution < -0.4 is 24.3 Å². The Balaban J connectivity index is 0.000000304. The lowest BCUT2D eigenvalue weighted by molar-refractivity contribution is -0.130. The molecule has 0 spiro atoms. The molecule has 0 radical (unpaired) electrons. The van der Waals surface area contributed by atoms with E-state index in [1.807, 2.05) is 13.8 Å². The van der Waals surface area contributed by atoms with E-state index in [-0.39, 0.29) is 24.5 Å². The van der Waals surface area contributed by atoms with Crippen molar-refractivity contribution in [1.29, 1.82) is 0 Å². The first-order valence-electron chi connectivity index (χ1n) is 12.7. The molecular weight excluding hydrogens is 513 g/mol. The van der Waals surface area contributed by atoms with Crippen molar-refractivity contribution in [1.82, 2.24) is 5.32 Å². The number of phenolic OH excluding ortho intramolecular Hbond substituents is 1. The minimum absolute atomic E-state index is 0.0394. The lowest BCUT2D eigenvalue weighted by Crippen LogP contribution is -2.36. The number of carbonyl (C=O) groups is 1. The van der Waals surface area contributed by atoms with Gasteiger partial charge in [0.05, 0.1) is 34.0 Å². The minimum Gasteiger partial charge on any atom is -0.502 e. The first-order valence-corrected chi connectivity index (χ1v) is 14.1. The van der Waals surface area contributed by atoms with Gasteiger partial charge in [-0.1, -0.05) is 6.07 Å². The number of phenols is 1. The quantitative estimate of drug-likeness (QED) is 0.271. The van der Waals surface area contributed by atoms with E-state index in [1.54, 1.807) is 18.2 Å². The summed E-state index contributed by atoms with van der Waals surface area (Å²) < 4.78 is 37.3. The van der Waals surface area contributed by atoms with Crippen LogP contribution in [0.5, 0.6) is 28.7 Å². The molecule has 2 unspecified atom stereocenters. The molecule has 1 heterocycles. The summed E-state index contributed by atoms with van der Waals surface area (Å²) in [5.74, 6) is 2.69. The smallest absolute Gasteiger partial charge is 0.293 e. The van der Waals surface area contributed by atoms with Gasteiger partial charge in [-0.15, -0.1) is 0 Å². The molecule has 2 aliphatic rings. The number of aryl methyl sites for hydroxylation is 1. The SMILES string of the molecule is CCOP(CCNC1c2cc3c(cc2CCC1COC=O)OCO3)OCC.COc1cccc(OC)c1O. The van der Waals surface area contributed by atoms with Gasteiger partial charge < -0.3 is 43.2 Å². The average Bonchev–Trinajstić information content (AvgIpc) is 3.39. The Kier molecular flexibility index (Phi) is 12.2. The van der Waals surface area contributed by atoms with Crippen LogP contribution in [0.3, 0.4) is 0 Å². The molecule has 0 amide bonds. The van der Waals surface area contributed by atoms with Crippen molar-refractivity contribution in [3.05, 3.63) is 41.5 Å². The van der Waals surface area contributed by atoms with Crippen LogP contribution in [0.25, 0.3) is 0 Å². The van der Waals surface area contributed by atoms with Crippen molar-refractivity contribution in [3.63, 3.8) is 0 Å². The zero-order valence-electron chi connectivity index (χ0n) is 22.4. The highest BCUT2D eigenvalue weighted by Gasteiger charge is 2.32. The molecule has 0 bridgehead atoms. The second-order valence-electron chi connectivity index (χ2n) is 8.47. The van der Waals surface area contributed by atoms with Crippen molar-refractivity contribution >= 4 is 14.8 Å². The Morgan fingerprint density at radius 2 is 1.74 bits per heavy atom. The first-order chi connectivity index (χ1) is 18.6. The number of methoxy groups -OCH3 is 2. The van der Waals surface area contributed by atoms with E-state index in [4.69, 9.17) is 32.7 Å². The highest BCUT2D eigenvalue weighted by molar-refractivity contribution is 7.47. The molecule has 38 heavy (non-hydrogen) atoms. The lowest BCUT2D eigenvalue weighted by atomic mass is 9.79. The van der Waals surface area contributed by atoms with Crippen molar-refractivity contribution in [3.8, 4) is 28.7 Å². The summed E-state index contributed by atoms with van der Waals surface area (Å²) in [6.07, 6.45) is 2.69. The fourth-order valence-electron chi connectivity index (χ4n) is 4.48. The number of hydrogen-bond acceptors (Lipinski definition) is 10. The summed E-state index contributed by atoms with van der Waals surface area (Å²) in [4.78, 5) is 10.7. The largest absolute Gasteiger partial charge is 0.502 e. The molecule has 2 aromatic carbocycles. The summed E-state index contributed by atoms with van der Waals surface area (Å²) in [7, 11) is 2.11. The zero-order chi connectivity index (χ0) is 27.3. The molecule has 2 atom stereocenters. The number of carbonyl (C=O) groups excluding carboxylic acids is 1. The number of ether oxygens (including phenoxy) is 5. The highest BCUT2D eigenvalue weighted by Crippen LogP contribution is 2.43. The van der Waals surface area contributed by atoms with Gasteiger partial charge in [0.2, 0.25) is 12.5 Å². The van der Waals surface area contributed by atoms with Gasteiger partial charge in [-0.2, -0.15) is 0 Å². The second kappa shape index (κ2) is 15.6. The van der Waals surface area contributed by atoms with Crippen LogP contribution in [-0.4, -0.2) is 65.1 Å². The molecule has 0 aromatic heterocycles.